The number of likely N-dealkylation sites (N-methyl/N-ethyl adjacent to an activating group) is 1. The van der Waals surface area contributed by atoms with Gasteiger partial charge in [0.15, 0.2) is 5.82 Å². The second-order valence-corrected chi connectivity index (χ2v) is 23.2. The molecular weight excluding hydrogens is 1140 g/mol. The van der Waals surface area contributed by atoms with E-state index in [4.69, 9.17) is 54.0 Å². The zero-order chi connectivity index (χ0) is 59.8. The molecular formula is C60H67Cl3F4N10O6. The number of amides is 3. The van der Waals surface area contributed by atoms with E-state index >= 15 is 17.6 Å². The number of fused-ring (bicyclic) bond motifs is 1. The van der Waals surface area contributed by atoms with E-state index in [2.05, 4.69) is 37.6 Å². The average Bonchev–Trinajstić information content (AvgIpc) is 3.26. The minimum atomic E-state index is -1.84. The lowest BCUT2D eigenvalue weighted by Gasteiger charge is -2.37. The van der Waals surface area contributed by atoms with Gasteiger partial charge < -0.3 is 50.6 Å². The molecule has 3 amide bonds. The quantitative estimate of drug-likeness (QED) is 0.0325. The molecule has 1 aliphatic carbocycles. The third kappa shape index (κ3) is 14.2. The van der Waals surface area contributed by atoms with Crippen LogP contribution >= 0.6 is 34.8 Å². The van der Waals surface area contributed by atoms with Crippen LogP contribution in [-0.4, -0.2) is 131 Å². The van der Waals surface area contributed by atoms with Crippen molar-refractivity contribution in [3.63, 3.8) is 0 Å². The summed E-state index contributed by atoms with van der Waals surface area (Å²) in [6.07, 6.45) is 3.93. The van der Waals surface area contributed by atoms with E-state index in [9.17, 15) is 19.6 Å². The average molecular weight is 1210 g/mol. The summed E-state index contributed by atoms with van der Waals surface area (Å²) in [7, 11) is 3.02. The predicted molar refractivity (Wildman–Crippen MR) is 315 cm³/mol. The number of carbonyl (C=O) groups excluding carboxylic acids is 3. The van der Waals surface area contributed by atoms with Crippen LogP contribution in [0.5, 0.6) is 5.75 Å². The molecule has 0 bridgehead atoms. The van der Waals surface area contributed by atoms with Gasteiger partial charge in [0.25, 0.3) is 5.91 Å². The van der Waals surface area contributed by atoms with E-state index in [1.165, 1.54) is 66.6 Å². The molecule has 5 aromatic rings. The Morgan fingerprint density at radius 3 is 2.37 bits per heavy atom. The van der Waals surface area contributed by atoms with Crippen molar-refractivity contribution in [1.29, 1.82) is 5.26 Å². The van der Waals surface area contributed by atoms with Crippen molar-refractivity contribution >= 4 is 86.5 Å². The second kappa shape index (κ2) is 27.4. The predicted octanol–water partition coefficient (Wildman–Crippen LogP) is 10.4. The fourth-order valence-corrected chi connectivity index (χ4v) is 11.6. The van der Waals surface area contributed by atoms with Crippen molar-refractivity contribution in [1.82, 2.24) is 30.8 Å². The van der Waals surface area contributed by atoms with Gasteiger partial charge in [-0.2, -0.15) is 10.2 Å². The van der Waals surface area contributed by atoms with Gasteiger partial charge in [0.1, 0.15) is 40.0 Å². The monoisotopic (exact) mass is 1200 g/mol. The highest BCUT2D eigenvalue weighted by atomic mass is 35.5. The summed E-state index contributed by atoms with van der Waals surface area (Å²) in [4.78, 5) is 53.7. The number of carbonyl (C=O) groups is 3. The van der Waals surface area contributed by atoms with E-state index in [-0.39, 0.29) is 130 Å². The smallest absolute Gasteiger partial charge is 0.251 e. The van der Waals surface area contributed by atoms with Crippen LogP contribution in [0.4, 0.5) is 35.0 Å². The van der Waals surface area contributed by atoms with Crippen LogP contribution in [0, 0.1) is 40.1 Å². The number of rotatable bonds is 22. The molecule has 2 fully saturated rings. The molecule has 442 valence electrons. The molecule has 3 aliphatic rings. The van der Waals surface area contributed by atoms with Crippen molar-refractivity contribution in [2.75, 3.05) is 102 Å². The highest BCUT2D eigenvalue weighted by Crippen LogP contribution is 2.53. The first-order valence-electron chi connectivity index (χ1n) is 27.4. The molecule has 0 unspecified atom stereocenters. The molecule has 5 N–H and O–H groups in total. The van der Waals surface area contributed by atoms with Crippen LogP contribution < -0.4 is 36.2 Å². The minimum Gasteiger partial charge on any atom is -0.495 e. The third-order valence-electron chi connectivity index (χ3n) is 15.0. The summed E-state index contributed by atoms with van der Waals surface area (Å²) >= 11 is 19.2. The molecule has 16 nitrogen and oxygen atoms in total. The molecule has 8 rings (SSSR count). The van der Waals surface area contributed by atoms with Crippen molar-refractivity contribution in [3.05, 3.63) is 133 Å². The number of benzene rings is 4. The fraction of sp³-hybridized carbons (Fsp3) is 0.433. The topological polar surface area (TPSA) is 195 Å². The number of hydrogen-bond acceptors (Lipinski definition) is 13. The maximum Gasteiger partial charge on any atom is 0.251 e. The molecule has 0 spiro atoms. The van der Waals surface area contributed by atoms with Gasteiger partial charge in [-0.05, 0) is 78.3 Å². The van der Waals surface area contributed by atoms with Crippen LogP contribution in [0.25, 0.3) is 16.5 Å². The van der Waals surface area contributed by atoms with Crippen LogP contribution in [0.15, 0.2) is 78.6 Å². The number of halogens is 7. The van der Waals surface area contributed by atoms with E-state index in [0.717, 1.165) is 6.07 Å². The van der Waals surface area contributed by atoms with Crippen LogP contribution in [0.2, 0.25) is 15.1 Å². The van der Waals surface area contributed by atoms with Gasteiger partial charge in [0.2, 0.25) is 17.8 Å². The second-order valence-electron chi connectivity index (χ2n) is 21.9. The maximum atomic E-state index is 16.5. The summed E-state index contributed by atoms with van der Waals surface area (Å²) in [6.45, 7) is 11.6. The van der Waals surface area contributed by atoms with Crippen molar-refractivity contribution < 1.29 is 46.2 Å². The first-order chi connectivity index (χ1) is 39.7. The highest BCUT2D eigenvalue weighted by Gasteiger charge is 2.61. The molecule has 23 heteroatoms. The fourth-order valence-electron chi connectivity index (χ4n) is 11.0. The van der Waals surface area contributed by atoms with Crippen LogP contribution in [0.3, 0.4) is 0 Å². The van der Waals surface area contributed by atoms with E-state index in [1.54, 1.807) is 19.2 Å². The number of nitrogens with zero attached hydrogens (tertiary/aromatic N) is 5. The first-order valence-corrected chi connectivity index (χ1v) is 28.5. The Hall–Kier alpha value is -6.57. The lowest BCUT2D eigenvalue weighted by Crippen LogP contribution is -2.45. The van der Waals surface area contributed by atoms with Crippen molar-refractivity contribution in [2.24, 2.45) is 11.3 Å². The van der Waals surface area contributed by atoms with Gasteiger partial charge in [-0.1, -0.05) is 86.8 Å². The summed E-state index contributed by atoms with van der Waals surface area (Å²) in [5.74, 6) is -5.11. The van der Waals surface area contributed by atoms with Gasteiger partial charge in [-0.25, -0.2) is 22.5 Å². The third-order valence-corrected chi connectivity index (χ3v) is 15.9. The van der Waals surface area contributed by atoms with Gasteiger partial charge in [0.05, 0.1) is 61.4 Å². The Bertz CT molecular complexity index is 3340. The number of hydrogen-bond donors (Lipinski definition) is 5. The van der Waals surface area contributed by atoms with E-state index < -0.39 is 63.9 Å². The number of allylic oxidation sites excluding steroid dienone is 4. The molecule has 0 radical (unpaired) electrons. The minimum absolute atomic E-state index is 0.000142. The standard InChI is InChI=1S/C60H67Cl3F4N10O6/c1-34-9-7-12-42(64)48(34)49-41(63)31-38-53(52(49)67)74-58(75-55(38)77-22-19-69-20-23-77)71-18-17-47(78)76(5)24-26-83-28-27-82-25-21-70-56(79)35-13-16-44(45(29-35)81-6)72-57(80)54-50(37-10-8-11-40(62)51(37)66)60(33-68,46(73-54)32-59(2,3)4)39-15-14-36(61)30-43(39)65/h7-8,10-16,29-31,34,46,50,54,69,73H,9,17-28,32H2,1-6H3,(H,70,79)(H,72,80)(H,71,74,75)/t34-,46-,50-,54+,60-/m0/s1. The number of aromatic nitrogens is 2. The normalized spacial score (nSPS) is 19.9. The molecule has 5 atom stereocenters. The van der Waals surface area contributed by atoms with Gasteiger partial charge in [-0.3, -0.25) is 14.4 Å². The zero-order valence-corrected chi connectivity index (χ0v) is 49.2. The van der Waals surface area contributed by atoms with Crippen LogP contribution in [-0.2, 0) is 24.5 Å². The molecule has 4 aromatic carbocycles. The van der Waals surface area contributed by atoms with Crippen molar-refractivity contribution in [2.45, 2.75) is 70.4 Å². The molecule has 0 saturated carbocycles. The first kappa shape index (κ1) is 62.5. The summed E-state index contributed by atoms with van der Waals surface area (Å²) in [5.41, 5.74) is -1.86. The Balaban J connectivity index is 0.803. The largest absolute Gasteiger partial charge is 0.495 e. The molecule has 83 heavy (non-hydrogen) atoms. The lowest BCUT2D eigenvalue weighted by atomic mass is 9.62. The molecule has 2 aliphatic heterocycles. The van der Waals surface area contributed by atoms with Gasteiger partial charge in [-0.15, -0.1) is 0 Å². The number of methoxy groups -OCH3 is 1. The Labute approximate surface area is 495 Å². The summed E-state index contributed by atoms with van der Waals surface area (Å²) < 4.78 is 80.9. The SMILES string of the molecule is COc1cc(C(=O)NCCOCCOCCN(C)C(=O)CCNc2nc(N3CCNCC3)c3cc(Cl)c(C4=C(F)C=CC[C@@H]4C)c(F)c3n2)ccc1NC(=O)[C@@H]1N[C@@H](CC(C)(C)C)[C@](C#N)(c2ccc(Cl)cc2F)[C@H]1c1cccc(Cl)c1F. The number of piperazine rings is 1. The van der Waals surface area contributed by atoms with Gasteiger partial charge in [0, 0.05) is 104 Å². The summed E-state index contributed by atoms with van der Waals surface area (Å²) in [6, 6.07) is 14.4. The Morgan fingerprint density at radius 1 is 0.928 bits per heavy atom. The Kier molecular flexibility index (Phi) is 20.6. The molecule has 3 heterocycles. The van der Waals surface area contributed by atoms with E-state index in [0.29, 0.717) is 50.3 Å². The van der Waals surface area contributed by atoms with Crippen LogP contribution in [0.1, 0.15) is 79.9 Å². The number of ether oxygens (including phenoxy) is 3. The lowest BCUT2D eigenvalue weighted by molar-refractivity contribution is -0.130. The molecule has 2 saturated heterocycles. The summed E-state index contributed by atoms with van der Waals surface area (Å²) in [5, 5.41) is 26.8. The molecule has 1 aromatic heterocycles. The van der Waals surface area contributed by atoms with Crippen molar-refractivity contribution in [3.8, 4) is 11.8 Å². The zero-order valence-electron chi connectivity index (χ0n) is 47.0. The van der Waals surface area contributed by atoms with Gasteiger partial charge >= 0.3 is 0 Å². The Morgan fingerprint density at radius 2 is 1.67 bits per heavy atom. The van der Waals surface area contributed by atoms with E-state index in [1.807, 2.05) is 32.6 Å². The maximum absolute atomic E-state index is 16.5. The number of nitrogens with one attached hydrogen (secondary N) is 5. The number of anilines is 3. The highest BCUT2D eigenvalue weighted by molar-refractivity contribution is 6.33. The number of nitriles is 1.